The molecule has 0 saturated heterocycles. The van der Waals surface area contributed by atoms with Crippen LogP contribution in [0.2, 0.25) is 0 Å². The zero-order valence-electron chi connectivity index (χ0n) is 12.1. The summed E-state index contributed by atoms with van der Waals surface area (Å²) in [5.74, 6) is 0.987. The predicted octanol–water partition coefficient (Wildman–Crippen LogP) is 3.97. The number of ether oxygens (including phenoxy) is 1. The Balaban J connectivity index is 1.75. The van der Waals surface area contributed by atoms with Crippen molar-refractivity contribution in [2.45, 2.75) is 19.3 Å². The van der Waals surface area contributed by atoms with E-state index in [9.17, 15) is 0 Å². The van der Waals surface area contributed by atoms with E-state index in [1.165, 1.54) is 35.5 Å². The highest BCUT2D eigenvalue weighted by Gasteiger charge is 2.19. The van der Waals surface area contributed by atoms with Crippen LogP contribution in [0.25, 0.3) is 0 Å². The first-order chi connectivity index (χ1) is 10.4. The van der Waals surface area contributed by atoms with Gasteiger partial charge in [0.2, 0.25) is 0 Å². The molecule has 21 heavy (non-hydrogen) atoms. The lowest BCUT2D eigenvalue weighted by Crippen LogP contribution is -2.19. The van der Waals surface area contributed by atoms with E-state index in [2.05, 4.69) is 46.6 Å². The maximum atomic E-state index is 5.86. The molecule has 108 valence electrons. The number of hydrogen-bond donors (Lipinski definition) is 1. The number of hydrogen-bond acceptors (Lipinski definition) is 3. The molecule has 3 nitrogen and oxygen atoms in total. The van der Waals surface area contributed by atoms with Crippen LogP contribution in [0.5, 0.6) is 5.75 Å². The Morgan fingerprint density at radius 2 is 2.00 bits per heavy atom. The molecule has 0 aliphatic carbocycles. The molecule has 2 aromatic rings. The van der Waals surface area contributed by atoms with Gasteiger partial charge in [-0.25, -0.2) is 0 Å². The Labute approximate surface area is 125 Å². The van der Waals surface area contributed by atoms with Crippen LogP contribution in [0.15, 0.2) is 42.5 Å². The molecule has 0 saturated carbocycles. The Kier molecular flexibility index (Phi) is 3.18. The number of fused-ring (bicyclic) bond motifs is 2. The fourth-order valence-corrected chi connectivity index (χ4v) is 3.21. The molecule has 0 spiro atoms. The third-order valence-electron chi connectivity index (χ3n) is 4.28. The summed E-state index contributed by atoms with van der Waals surface area (Å²) >= 11 is 0. The SMILES string of the molecule is c1ccc2c(c1)OCCCN2c1ccc2c(c1)NCCC2. The highest BCUT2D eigenvalue weighted by atomic mass is 16.5. The van der Waals surface area contributed by atoms with E-state index in [4.69, 9.17) is 4.74 Å². The molecule has 0 atom stereocenters. The maximum absolute atomic E-state index is 5.86. The zero-order chi connectivity index (χ0) is 14.1. The highest BCUT2D eigenvalue weighted by Crippen LogP contribution is 2.37. The summed E-state index contributed by atoms with van der Waals surface area (Å²) in [4.78, 5) is 2.37. The molecular formula is C18H20N2O. The highest BCUT2D eigenvalue weighted by molar-refractivity contribution is 5.73. The van der Waals surface area contributed by atoms with Crippen LogP contribution in [-0.4, -0.2) is 19.7 Å². The van der Waals surface area contributed by atoms with Gasteiger partial charge in [0.1, 0.15) is 5.75 Å². The summed E-state index contributed by atoms with van der Waals surface area (Å²) in [5.41, 5.74) is 5.15. The number of para-hydroxylation sites is 2. The average molecular weight is 280 g/mol. The van der Waals surface area contributed by atoms with E-state index in [0.717, 1.165) is 31.9 Å². The third-order valence-corrected chi connectivity index (χ3v) is 4.28. The third kappa shape index (κ3) is 2.33. The van der Waals surface area contributed by atoms with Crippen LogP contribution in [0, 0.1) is 0 Å². The number of nitrogens with one attached hydrogen (secondary N) is 1. The summed E-state index contributed by atoms with van der Waals surface area (Å²) in [5, 5.41) is 3.52. The maximum Gasteiger partial charge on any atom is 0.142 e. The van der Waals surface area contributed by atoms with Crippen LogP contribution in [0.1, 0.15) is 18.4 Å². The second-order valence-corrected chi connectivity index (χ2v) is 5.69. The molecule has 2 aliphatic heterocycles. The summed E-state index contributed by atoms with van der Waals surface area (Å²) in [6.07, 6.45) is 3.45. The van der Waals surface area contributed by atoms with Crippen LogP contribution < -0.4 is 15.0 Å². The molecule has 3 heteroatoms. The molecule has 4 rings (SSSR count). The van der Waals surface area contributed by atoms with Crippen molar-refractivity contribution in [3.05, 3.63) is 48.0 Å². The number of anilines is 3. The van der Waals surface area contributed by atoms with Crippen LogP contribution >= 0.6 is 0 Å². The first kappa shape index (κ1) is 12.6. The molecule has 0 amide bonds. The summed E-state index contributed by atoms with van der Waals surface area (Å²) in [7, 11) is 0. The predicted molar refractivity (Wildman–Crippen MR) is 86.8 cm³/mol. The first-order valence-corrected chi connectivity index (χ1v) is 7.78. The van der Waals surface area contributed by atoms with E-state index >= 15 is 0 Å². The molecule has 0 radical (unpaired) electrons. The minimum Gasteiger partial charge on any atom is -0.491 e. The Hall–Kier alpha value is -2.16. The van der Waals surface area contributed by atoms with Crippen molar-refractivity contribution in [1.82, 2.24) is 0 Å². The monoisotopic (exact) mass is 280 g/mol. The van der Waals surface area contributed by atoms with Crippen molar-refractivity contribution >= 4 is 17.1 Å². The minimum absolute atomic E-state index is 0.788. The molecular weight excluding hydrogens is 260 g/mol. The lowest BCUT2D eigenvalue weighted by atomic mass is 10.0. The Bertz CT molecular complexity index is 653. The molecule has 2 aliphatic rings. The molecule has 0 bridgehead atoms. The van der Waals surface area contributed by atoms with Crippen molar-refractivity contribution < 1.29 is 4.74 Å². The standard InChI is InChI=1S/C18H20N2O/c1-2-7-18-17(6-1)20(11-4-12-21-18)15-9-8-14-5-3-10-19-16(14)13-15/h1-2,6-9,13,19H,3-5,10-12H2. The number of benzene rings is 2. The van der Waals surface area contributed by atoms with Crippen LogP contribution in [0.4, 0.5) is 17.1 Å². The summed E-state index contributed by atoms with van der Waals surface area (Å²) in [6, 6.07) is 15.1. The molecule has 2 aromatic carbocycles. The largest absolute Gasteiger partial charge is 0.491 e. The lowest BCUT2D eigenvalue weighted by molar-refractivity contribution is 0.322. The smallest absolute Gasteiger partial charge is 0.142 e. The van der Waals surface area contributed by atoms with E-state index in [0.29, 0.717) is 0 Å². The van der Waals surface area contributed by atoms with Gasteiger partial charge in [0, 0.05) is 24.5 Å². The lowest BCUT2D eigenvalue weighted by Gasteiger charge is -2.26. The van der Waals surface area contributed by atoms with Gasteiger partial charge in [-0.2, -0.15) is 0 Å². The van der Waals surface area contributed by atoms with Crippen LogP contribution in [0.3, 0.4) is 0 Å². The molecule has 0 fully saturated rings. The molecule has 2 heterocycles. The van der Waals surface area contributed by atoms with Crippen molar-refractivity contribution in [2.24, 2.45) is 0 Å². The molecule has 0 aromatic heterocycles. The van der Waals surface area contributed by atoms with Gasteiger partial charge in [-0.1, -0.05) is 18.2 Å². The van der Waals surface area contributed by atoms with Gasteiger partial charge in [-0.05, 0) is 49.1 Å². The van der Waals surface area contributed by atoms with Gasteiger partial charge in [-0.15, -0.1) is 0 Å². The second kappa shape index (κ2) is 5.32. The van der Waals surface area contributed by atoms with Crippen molar-refractivity contribution in [3.63, 3.8) is 0 Å². The van der Waals surface area contributed by atoms with Crippen molar-refractivity contribution in [2.75, 3.05) is 29.9 Å². The van der Waals surface area contributed by atoms with Crippen LogP contribution in [-0.2, 0) is 6.42 Å². The first-order valence-electron chi connectivity index (χ1n) is 7.78. The number of aryl methyl sites for hydroxylation is 1. The van der Waals surface area contributed by atoms with Crippen molar-refractivity contribution in [3.8, 4) is 5.75 Å². The summed E-state index contributed by atoms with van der Waals surface area (Å²) in [6.45, 7) is 2.86. The van der Waals surface area contributed by atoms with Gasteiger partial charge in [0.05, 0.1) is 12.3 Å². The minimum atomic E-state index is 0.788. The number of nitrogens with zero attached hydrogens (tertiary/aromatic N) is 1. The van der Waals surface area contributed by atoms with E-state index < -0.39 is 0 Å². The Morgan fingerprint density at radius 3 is 3.00 bits per heavy atom. The fourth-order valence-electron chi connectivity index (χ4n) is 3.21. The fraction of sp³-hybridized carbons (Fsp3) is 0.333. The van der Waals surface area contributed by atoms with Gasteiger partial charge in [-0.3, -0.25) is 0 Å². The normalized spacial score (nSPS) is 17.0. The van der Waals surface area contributed by atoms with Gasteiger partial charge in [0.25, 0.3) is 0 Å². The molecule has 0 unspecified atom stereocenters. The van der Waals surface area contributed by atoms with Crippen molar-refractivity contribution in [1.29, 1.82) is 0 Å². The van der Waals surface area contributed by atoms with E-state index in [-0.39, 0.29) is 0 Å². The van der Waals surface area contributed by atoms with Gasteiger partial charge < -0.3 is 15.0 Å². The van der Waals surface area contributed by atoms with Gasteiger partial charge in [0.15, 0.2) is 0 Å². The zero-order valence-corrected chi connectivity index (χ0v) is 12.1. The average Bonchev–Trinajstić information content (AvgIpc) is 2.77. The quantitative estimate of drug-likeness (QED) is 0.855. The van der Waals surface area contributed by atoms with E-state index in [1.54, 1.807) is 0 Å². The summed E-state index contributed by atoms with van der Waals surface area (Å²) < 4.78 is 5.86. The Morgan fingerprint density at radius 1 is 1.05 bits per heavy atom. The molecule has 1 N–H and O–H groups in total. The second-order valence-electron chi connectivity index (χ2n) is 5.69. The topological polar surface area (TPSA) is 24.5 Å². The van der Waals surface area contributed by atoms with Gasteiger partial charge >= 0.3 is 0 Å². The van der Waals surface area contributed by atoms with E-state index in [1.807, 2.05) is 6.07 Å². The number of rotatable bonds is 1.